The maximum absolute atomic E-state index is 12.6. The maximum atomic E-state index is 12.6. The maximum Gasteiger partial charge on any atom is 0.401 e. The van der Waals surface area contributed by atoms with Crippen molar-refractivity contribution in [3.05, 3.63) is 0 Å². The van der Waals surface area contributed by atoms with E-state index in [1.807, 2.05) is 0 Å². The number of halogens is 3. The zero-order valence-electron chi connectivity index (χ0n) is 17.9. The Morgan fingerprint density at radius 3 is 2.34 bits per heavy atom. The molecule has 5 nitrogen and oxygen atoms in total. The van der Waals surface area contributed by atoms with Gasteiger partial charge in [-0.3, -0.25) is 14.8 Å². The Morgan fingerprint density at radius 2 is 1.69 bits per heavy atom. The minimum absolute atomic E-state index is 0.229. The fourth-order valence-corrected chi connectivity index (χ4v) is 5.37. The van der Waals surface area contributed by atoms with Gasteiger partial charge in [-0.15, -0.1) is 0 Å². The van der Waals surface area contributed by atoms with Crippen molar-refractivity contribution in [2.75, 3.05) is 52.9 Å². The Hall–Kier alpha value is -1.02. The summed E-state index contributed by atoms with van der Waals surface area (Å²) in [6, 6.07) is 0. The SMILES string of the molecule is CN=C(NCC1CCN(CC(F)(F)F)C1)NCC1(N2CCCCC2)CCCCC1. The van der Waals surface area contributed by atoms with Gasteiger partial charge in [-0.2, -0.15) is 13.2 Å². The molecular weight excluding hydrogens is 379 g/mol. The van der Waals surface area contributed by atoms with Crippen molar-refractivity contribution in [2.45, 2.75) is 69.5 Å². The average Bonchev–Trinajstić information content (AvgIpc) is 3.15. The Bertz CT molecular complexity index is 525. The van der Waals surface area contributed by atoms with Gasteiger partial charge in [0.1, 0.15) is 0 Å². The van der Waals surface area contributed by atoms with Crippen LogP contribution in [0.1, 0.15) is 57.8 Å². The number of rotatable bonds is 6. The van der Waals surface area contributed by atoms with Crippen LogP contribution in [0.25, 0.3) is 0 Å². The van der Waals surface area contributed by atoms with Crippen LogP contribution in [0.15, 0.2) is 4.99 Å². The fourth-order valence-electron chi connectivity index (χ4n) is 5.37. The summed E-state index contributed by atoms with van der Waals surface area (Å²) in [5.41, 5.74) is 0.229. The van der Waals surface area contributed by atoms with Gasteiger partial charge in [0.2, 0.25) is 0 Å². The highest BCUT2D eigenvalue weighted by atomic mass is 19.4. The molecule has 1 atom stereocenters. The molecule has 1 unspecified atom stereocenters. The first kappa shape index (κ1) is 22.7. The van der Waals surface area contributed by atoms with Crippen LogP contribution >= 0.6 is 0 Å². The van der Waals surface area contributed by atoms with E-state index in [1.165, 1.54) is 69.4 Å². The van der Waals surface area contributed by atoms with Crippen LogP contribution < -0.4 is 10.6 Å². The second-order valence-electron chi connectivity index (χ2n) is 9.14. The fraction of sp³-hybridized carbons (Fsp3) is 0.952. The van der Waals surface area contributed by atoms with Crippen LogP contribution in [0.2, 0.25) is 0 Å². The van der Waals surface area contributed by atoms with E-state index in [4.69, 9.17) is 0 Å². The summed E-state index contributed by atoms with van der Waals surface area (Å²) in [7, 11) is 1.77. The predicted octanol–water partition coefficient (Wildman–Crippen LogP) is 3.22. The molecule has 0 aromatic heterocycles. The number of hydrogen-bond acceptors (Lipinski definition) is 3. The van der Waals surface area contributed by atoms with E-state index in [0.717, 1.165) is 18.9 Å². The molecule has 0 amide bonds. The molecule has 2 N–H and O–H groups in total. The summed E-state index contributed by atoms with van der Waals surface area (Å²) in [5, 5.41) is 6.92. The third-order valence-electron chi connectivity index (χ3n) is 6.95. The molecule has 0 aromatic rings. The van der Waals surface area contributed by atoms with E-state index in [-0.39, 0.29) is 11.5 Å². The third-order valence-corrected chi connectivity index (χ3v) is 6.95. The van der Waals surface area contributed by atoms with E-state index in [2.05, 4.69) is 20.5 Å². The molecular formula is C21H38F3N5. The van der Waals surface area contributed by atoms with Crippen LogP contribution in [0.4, 0.5) is 13.2 Å². The van der Waals surface area contributed by atoms with E-state index in [9.17, 15) is 13.2 Å². The van der Waals surface area contributed by atoms with Crippen molar-refractivity contribution in [3.8, 4) is 0 Å². The second-order valence-corrected chi connectivity index (χ2v) is 9.14. The third kappa shape index (κ3) is 6.74. The highest BCUT2D eigenvalue weighted by molar-refractivity contribution is 5.79. The van der Waals surface area contributed by atoms with Crippen molar-refractivity contribution >= 4 is 5.96 Å². The van der Waals surface area contributed by atoms with Gasteiger partial charge in [0, 0.05) is 32.2 Å². The van der Waals surface area contributed by atoms with Crippen LogP contribution in [0.3, 0.4) is 0 Å². The summed E-state index contributed by atoms with van der Waals surface area (Å²) in [4.78, 5) is 8.59. The van der Waals surface area contributed by atoms with Crippen LogP contribution in [-0.4, -0.2) is 80.3 Å². The highest BCUT2D eigenvalue weighted by Gasteiger charge is 2.38. The number of alkyl halides is 3. The van der Waals surface area contributed by atoms with Crippen molar-refractivity contribution in [2.24, 2.45) is 10.9 Å². The quantitative estimate of drug-likeness (QED) is 0.514. The highest BCUT2D eigenvalue weighted by Crippen LogP contribution is 2.35. The molecule has 0 bridgehead atoms. The molecule has 0 radical (unpaired) electrons. The van der Waals surface area contributed by atoms with Gasteiger partial charge < -0.3 is 10.6 Å². The van der Waals surface area contributed by atoms with Crippen LogP contribution in [0, 0.1) is 5.92 Å². The number of aliphatic imine (C=N–C) groups is 1. The number of hydrogen-bond donors (Lipinski definition) is 2. The molecule has 0 aromatic carbocycles. The molecule has 168 valence electrons. The first-order chi connectivity index (χ1) is 13.9. The molecule has 3 aliphatic rings. The normalized spacial score (nSPS) is 27.2. The van der Waals surface area contributed by atoms with Gasteiger partial charge in [-0.1, -0.05) is 25.7 Å². The number of nitrogens with one attached hydrogen (secondary N) is 2. The van der Waals surface area contributed by atoms with E-state index < -0.39 is 12.7 Å². The molecule has 29 heavy (non-hydrogen) atoms. The summed E-state index contributed by atoms with van der Waals surface area (Å²) in [6.45, 7) is 4.20. The summed E-state index contributed by atoms with van der Waals surface area (Å²) < 4.78 is 37.7. The van der Waals surface area contributed by atoms with Gasteiger partial charge in [-0.25, -0.2) is 0 Å². The predicted molar refractivity (Wildman–Crippen MR) is 111 cm³/mol. The Balaban J connectivity index is 1.46. The number of nitrogens with zero attached hydrogens (tertiary/aromatic N) is 3. The van der Waals surface area contributed by atoms with Crippen molar-refractivity contribution in [3.63, 3.8) is 0 Å². The Labute approximate surface area is 173 Å². The molecule has 8 heteroatoms. The first-order valence-electron chi connectivity index (χ1n) is 11.4. The molecule has 2 saturated heterocycles. The average molecular weight is 418 g/mol. The first-order valence-corrected chi connectivity index (χ1v) is 11.4. The minimum Gasteiger partial charge on any atom is -0.356 e. The van der Waals surface area contributed by atoms with Crippen LogP contribution in [-0.2, 0) is 0 Å². The molecule has 3 rings (SSSR count). The largest absolute Gasteiger partial charge is 0.401 e. The van der Waals surface area contributed by atoms with Gasteiger partial charge in [0.05, 0.1) is 6.54 Å². The molecule has 0 spiro atoms. The zero-order chi connectivity index (χ0) is 20.7. The number of likely N-dealkylation sites (tertiary alicyclic amines) is 2. The van der Waals surface area contributed by atoms with Gasteiger partial charge in [0.15, 0.2) is 5.96 Å². The van der Waals surface area contributed by atoms with Crippen molar-refractivity contribution in [1.82, 2.24) is 20.4 Å². The smallest absolute Gasteiger partial charge is 0.356 e. The van der Waals surface area contributed by atoms with Crippen LogP contribution in [0.5, 0.6) is 0 Å². The standard InChI is InChI=1S/C21H38F3N5/c1-25-19(26-14-18-8-13-28(15-18)17-21(22,23)24)27-16-20(9-4-2-5-10-20)29-11-6-3-7-12-29/h18H,2-17H2,1H3,(H2,25,26,27). The molecule has 2 heterocycles. The van der Waals surface area contributed by atoms with Gasteiger partial charge >= 0.3 is 6.18 Å². The van der Waals surface area contributed by atoms with Crippen molar-refractivity contribution < 1.29 is 13.2 Å². The molecule has 1 aliphatic carbocycles. The van der Waals surface area contributed by atoms with E-state index in [0.29, 0.717) is 19.6 Å². The number of guanidine groups is 1. The van der Waals surface area contributed by atoms with E-state index in [1.54, 1.807) is 7.05 Å². The lowest BCUT2D eigenvalue weighted by Gasteiger charge is -2.48. The monoisotopic (exact) mass is 417 g/mol. The lowest BCUT2D eigenvalue weighted by Crippen LogP contribution is -2.59. The summed E-state index contributed by atoms with van der Waals surface area (Å²) in [5.74, 6) is 1.02. The summed E-state index contributed by atoms with van der Waals surface area (Å²) >= 11 is 0. The van der Waals surface area contributed by atoms with Crippen molar-refractivity contribution in [1.29, 1.82) is 0 Å². The minimum atomic E-state index is -4.11. The topological polar surface area (TPSA) is 42.9 Å². The Morgan fingerprint density at radius 1 is 1.00 bits per heavy atom. The lowest BCUT2D eigenvalue weighted by atomic mass is 9.79. The molecule has 3 fully saturated rings. The second kappa shape index (κ2) is 10.3. The van der Waals surface area contributed by atoms with E-state index >= 15 is 0 Å². The summed E-state index contributed by atoms with van der Waals surface area (Å²) in [6.07, 6.45) is 7.03. The lowest BCUT2D eigenvalue weighted by molar-refractivity contribution is -0.143. The molecule has 1 saturated carbocycles. The van der Waals surface area contributed by atoms with Gasteiger partial charge in [-0.05, 0) is 57.7 Å². The van der Waals surface area contributed by atoms with Gasteiger partial charge in [0.25, 0.3) is 0 Å². The Kier molecular flexibility index (Phi) is 8.07. The number of piperidine rings is 1. The zero-order valence-corrected chi connectivity index (χ0v) is 17.9. The molecule has 2 aliphatic heterocycles.